The van der Waals surface area contributed by atoms with Gasteiger partial charge in [-0.2, -0.15) is 5.10 Å². The Morgan fingerprint density at radius 1 is 1.29 bits per heavy atom. The van der Waals surface area contributed by atoms with Gasteiger partial charge in [0.2, 0.25) is 5.88 Å². The summed E-state index contributed by atoms with van der Waals surface area (Å²) in [6.07, 6.45) is 9.65. The second-order valence-electron chi connectivity index (χ2n) is 11.3. The van der Waals surface area contributed by atoms with E-state index in [0.717, 1.165) is 32.1 Å². The molecule has 2 atom stereocenters. The number of hydrogen-bond donors (Lipinski definition) is 3. The molecule has 5 rings (SSSR count). The van der Waals surface area contributed by atoms with Crippen LogP contribution < -0.4 is 15.4 Å². The third kappa shape index (κ3) is 4.94. The number of ether oxygens (including phenoxy) is 2. The van der Waals surface area contributed by atoms with E-state index >= 15 is 0 Å². The van der Waals surface area contributed by atoms with E-state index in [1.165, 1.54) is 18.0 Å². The molecule has 4 aliphatic rings. The average molecular weight is 475 g/mol. The van der Waals surface area contributed by atoms with E-state index in [-0.39, 0.29) is 30.1 Å². The zero-order chi connectivity index (χ0) is 24.7. The molecule has 0 spiro atoms. The van der Waals surface area contributed by atoms with Crippen LogP contribution in [0.25, 0.3) is 6.20 Å². The molecule has 4 saturated carbocycles. The lowest BCUT2D eigenvalue weighted by molar-refractivity contribution is -0.0969. The summed E-state index contributed by atoms with van der Waals surface area (Å²) in [6, 6.07) is 0.123. The zero-order valence-corrected chi connectivity index (χ0v) is 20.8. The average Bonchev–Trinajstić information content (AvgIpc) is 3.16. The molecule has 3 N–H and O–H groups in total. The van der Waals surface area contributed by atoms with Crippen LogP contribution in [-0.2, 0) is 4.74 Å². The van der Waals surface area contributed by atoms with Crippen molar-refractivity contribution >= 4 is 18.2 Å². The van der Waals surface area contributed by atoms with Crippen molar-refractivity contribution in [2.75, 3.05) is 13.7 Å². The quantitative estimate of drug-likeness (QED) is 0.533. The number of methoxy groups -OCH3 is 1. The minimum absolute atomic E-state index is 0.0599. The summed E-state index contributed by atoms with van der Waals surface area (Å²) < 4.78 is 12.2. The molecule has 0 radical (unpaired) electrons. The molecule has 2 unspecified atom stereocenters. The molecule has 4 fully saturated rings. The number of aliphatic hydroxyl groups is 1. The van der Waals surface area contributed by atoms with Crippen LogP contribution in [0.4, 0.5) is 4.79 Å². The van der Waals surface area contributed by atoms with Crippen LogP contribution in [0.15, 0.2) is 12.3 Å². The maximum Gasteiger partial charge on any atom is 0.407 e. The SMILES string of the molecule is COC(=O)NC(C)(C)/C=C/n1ncc(C(=O)NC2C3CC4CC2CC(CO)(C4)C3)c1OC(C)C. The highest BCUT2D eigenvalue weighted by Crippen LogP contribution is 2.59. The number of nitrogens with one attached hydrogen (secondary N) is 2. The van der Waals surface area contributed by atoms with Gasteiger partial charge in [-0.1, -0.05) is 0 Å². The first-order chi connectivity index (χ1) is 16.0. The second-order valence-corrected chi connectivity index (χ2v) is 11.3. The van der Waals surface area contributed by atoms with Gasteiger partial charge in [0.1, 0.15) is 5.56 Å². The molecule has 188 valence electrons. The number of amides is 2. The molecule has 9 heteroatoms. The van der Waals surface area contributed by atoms with Gasteiger partial charge in [-0.15, -0.1) is 0 Å². The maximum absolute atomic E-state index is 13.4. The van der Waals surface area contributed by atoms with E-state index in [1.807, 2.05) is 27.7 Å². The van der Waals surface area contributed by atoms with Gasteiger partial charge < -0.3 is 25.2 Å². The van der Waals surface area contributed by atoms with Crippen molar-refractivity contribution in [2.45, 2.75) is 77.5 Å². The van der Waals surface area contributed by atoms with E-state index in [2.05, 4.69) is 20.5 Å². The lowest BCUT2D eigenvalue weighted by Crippen LogP contribution is -2.60. The molecule has 1 aromatic rings. The van der Waals surface area contributed by atoms with Crippen LogP contribution >= 0.6 is 0 Å². The van der Waals surface area contributed by atoms with Crippen molar-refractivity contribution < 1.29 is 24.2 Å². The number of nitrogens with zero attached hydrogens (tertiary/aromatic N) is 2. The van der Waals surface area contributed by atoms with E-state index in [4.69, 9.17) is 4.74 Å². The van der Waals surface area contributed by atoms with E-state index < -0.39 is 11.6 Å². The molecule has 0 aliphatic heterocycles. The van der Waals surface area contributed by atoms with Crippen molar-refractivity contribution in [3.05, 3.63) is 17.8 Å². The largest absolute Gasteiger partial charge is 0.474 e. The van der Waals surface area contributed by atoms with Crippen molar-refractivity contribution in [3.8, 4) is 5.88 Å². The molecule has 9 nitrogen and oxygen atoms in total. The fourth-order valence-electron chi connectivity index (χ4n) is 6.42. The molecule has 4 aliphatic carbocycles. The van der Waals surface area contributed by atoms with Crippen molar-refractivity contribution in [3.63, 3.8) is 0 Å². The van der Waals surface area contributed by atoms with Gasteiger partial charge in [0.05, 0.1) is 24.9 Å². The Hall–Kier alpha value is -2.55. The summed E-state index contributed by atoms with van der Waals surface area (Å²) in [5.74, 6) is 1.69. The summed E-state index contributed by atoms with van der Waals surface area (Å²) in [4.78, 5) is 25.0. The fourth-order valence-corrected chi connectivity index (χ4v) is 6.42. The lowest BCUT2D eigenvalue weighted by atomic mass is 9.48. The van der Waals surface area contributed by atoms with Gasteiger partial charge in [-0.3, -0.25) is 4.79 Å². The van der Waals surface area contributed by atoms with Crippen LogP contribution in [0.2, 0.25) is 0 Å². The molecule has 0 saturated heterocycles. The Morgan fingerprint density at radius 2 is 1.97 bits per heavy atom. The Balaban J connectivity index is 1.52. The Morgan fingerprint density at radius 3 is 2.56 bits per heavy atom. The van der Waals surface area contributed by atoms with Crippen LogP contribution in [0.3, 0.4) is 0 Å². The van der Waals surface area contributed by atoms with Crippen molar-refractivity contribution in [1.29, 1.82) is 0 Å². The Labute approximate surface area is 201 Å². The normalized spacial score (nSPS) is 30.1. The molecule has 4 bridgehead atoms. The molecule has 0 aromatic carbocycles. The van der Waals surface area contributed by atoms with Crippen LogP contribution in [0.5, 0.6) is 5.88 Å². The highest BCUT2D eigenvalue weighted by atomic mass is 16.5. The number of alkyl carbamates (subject to hydrolysis) is 1. The van der Waals surface area contributed by atoms with Gasteiger partial charge >= 0.3 is 6.09 Å². The highest BCUT2D eigenvalue weighted by Gasteiger charge is 2.55. The molecule has 2 amide bonds. The predicted octanol–water partition coefficient (Wildman–Crippen LogP) is 3.19. The summed E-state index contributed by atoms with van der Waals surface area (Å²) >= 11 is 0. The zero-order valence-electron chi connectivity index (χ0n) is 20.8. The van der Waals surface area contributed by atoms with Gasteiger partial charge in [0, 0.05) is 18.8 Å². The first kappa shape index (κ1) is 24.6. The number of carbonyl (C=O) groups excluding carboxylic acids is 2. The van der Waals surface area contributed by atoms with Crippen molar-refractivity contribution in [2.24, 2.45) is 23.2 Å². The van der Waals surface area contributed by atoms with Crippen molar-refractivity contribution in [1.82, 2.24) is 20.4 Å². The molecule has 34 heavy (non-hydrogen) atoms. The summed E-state index contributed by atoms with van der Waals surface area (Å²) in [5, 5.41) is 20.4. The first-order valence-corrected chi connectivity index (χ1v) is 12.3. The molecule has 1 aromatic heterocycles. The number of rotatable bonds is 8. The van der Waals surface area contributed by atoms with Crippen LogP contribution in [0.1, 0.15) is 70.2 Å². The third-order valence-corrected chi connectivity index (χ3v) is 7.62. The van der Waals surface area contributed by atoms with E-state index in [0.29, 0.717) is 29.2 Å². The third-order valence-electron chi connectivity index (χ3n) is 7.62. The predicted molar refractivity (Wildman–Crippen MR) is 127 cm³/mol. The first-order valence-electron chi connectivity index (χ1n) is 12.3. The van der Waals surface area contributed by atoms with E-state index in [1.54, 1.807) is 12.3 Å². The van der Waals surface area contributed by atoms with Gasteiger partial charge in [-0.25, -0.2) is 9.48 Å². The number of hydrogen-bond acceptors (Lipinski definition) is 6. The molecule has 1 heterocycles. The summed E-state index contributed by atoms with van der Waals surface area (Å²) in [6.45, 7) is 7.71. The minimum Gasteiger partial charge on any atom is -0.474 e. The standard InChI is InChI=1S/C25H38N4O5/c1-15(2)34-22-19(13-26-29(22)7-6-24(3,4)28-23(32)33-5)21(31)27-20-17-8-16-9-18(20)12-25(10-16,11-17)14-30/h6-7,13,15-18,20,30H,8-12,14H2,1-5H3,(H,27,31)(H,28,32)/b7-6+. The topological polar surface area (TPSA) is 115 Å². The number of aliphatic hydroxyl groups excluding tert-OH is 1. The molecular weight excluding hydrogens is 436 g/mol. The minimum atomic E-state index is -0.695. The fraction of sp³-hybridized carbons (Fsp3) is 0.720. The monoisotopic (exact) mass is 474 g/mol. The summed E-state index contributed by atoms with van der Waals surface area (Å²) in [5.41, 5.74) is -0.244. The van der Waals surface area contributed by atoms with Crippen LogP contribution in [-0.4, -0.2) is 58.3 Å². The Bertz CT molecular complexity index is 937. The molecular formula is C25H38N4O5. The van der Waals surface area contributed by atoms with Crippen LogP contribution in [0, 0.1) is 23.2 Å². The van der Waals surface area contributed by atoms with Gasteiger partial charge in [0.25, 0.3) is 5.91 Å². The highest BCUT2D eigenvalue weighted by molar-refractivity contribution is 5.96. The lowest BCUT2D eigenvalue weighted by Gasteiger charge is -2.59. The Kier molecular flexibility index (Phi) is 6.68. The number of carbonyl (C=O) groups is 2. The number of aromatic nitrogens is 2. The smallest absolute Gasteiger partial charge is 0.407 e. The maximum atomic E-state index is 13.4. The van der Waals surface area contributed by atoms with Gasteiger partial charge in [-0.05, 0) is 89.0 Å². The summed E-state index contributed by atoms with van der Waals surface area (Å²) in [7, 11) is 1.31. The second kappa shape index (κ2) is 9.24. The van der Waals surface area contributed by atoms with Gasteiger partial charge in [0.15, 0.2) is 0 Å². The van der Waals surface area contributed by atoms with E-state index in [9.17, 15) is 14.7 Å².